The predicted octanol–water partition coefficient (Wildman–Crippen LogP) is 15.6. The van der Waals surface area contributed by atoms with E-state index in [9.17, 15) is 19.8 Å². The molecule has 0 spiro atoms. The first kappa shape index (κ1) is 58.6. The highest BCUT2D eigenvalue weighted by atomic mass is 16.5. The van der Waals surface area contributed by atoms with Gasteiger partial charge in [-0.15, -0.1) is 0 Å². The van der Waals surface area contributed by atoms with Gasteiger partial charge in [0.25, 0.3) is 0 Å². The molecule has 0 radical (unpaired) electrons. The summed E-state index contributed by atoms with van der Waals surface area (Å²) in [6.45, 7) is 6.38. The number of hydrogen-bond donors (Lipinski definition) is 3. The number of unbranched alkanes of at least 4 members (excludes halogenated alkanes) is 28. The Kier molecular flexibility index (Phi) is 46.6. The van der Waals surface area contributed by atoms with Crippen LogP contribution in [0.1, 0.15) is 252 Å². The number of rotatable bonds is 46. The Morgan fingerprint density at radius 3 is 1.33 bits per heavy atom. The van der Waals surface area contributed by atoms with Crippen LogP contribution in [0.25, 0.3) is 0 Å². The van der Waals surface area contributed by atoms with Gasteiger partial charge in [0.15, 0.2) is 0 Å². The molecule has 0 heterocycles. The molecule has 3 unspecified atom stereocenters. The first-order valence-electron chi connectivity index (χ1n) is 26.1. The fourth-order valence-electron chi connectivity index (χ4n) is 7.76. The molecule has 3 atom stereocenters. The van der Waals surface area contributed by atoms with Crippen LogP contribution in [0.15, 0.2) is 60.8 Å². The summed E-state index contributed by atoms with van der Waals surface area (Å²) in [7, 11) is 0. The fraction of sp³-hybridized carbons (Fsp3) is 0.782. The number of allylic oxidation sites excluding steroid dienone is 10. The molecule has 0 fully saturated rings. The number of aliphatic hydroxyl groups is 2. The zero-order valence-electron chi connectivity index (χ0n) is 40.3. The standard InChI is InChI=1S/C55H99NO5/c1-4-7-10-13-16-19-22-24-26-28-29-32-34-37-40-43-46-51(61-55(60)48-45-42-39-36-31-21-18-15-12-9-6-3)49-54(59)56-52(50-57)53(58)47-44-41-38-35-33-30-27-25-23-20-17-14-11-8-5-2/h10,13,16,19,22,24,26,28-29,32,51-53,57-58H,4-9,11-12,14-15,17-18,20-21,23,25,27,30-31,33-50H2,1-3H3,(H,56,59)/b13-10+,19-16+,24-22+,28-26+,32-29+. The van der Waals surface area contributed by atoms with Gasteiger partial charge in [0, 0.05) is 6.42 Å². The van der Waals surface area contributed by atoms with Gasteiger partial charge in [-0.2, -0.15) is 0 Å². The summed E-state index contributed by atoms with van der Waals surface area (Å²) in [5, 5.41) is 23.8. The number of amides is 1. The van der Waals surface area contributed by atoms with Crippen molar-refractivity contribution in [3.8, 4) is 0 Å². The van der Waals surface area contributed by atoms with E-state index in [-0.39, 0.29) is 24.9 Å². The lowest BCUT2D eigenvalue weighted by Crippen LogP contribution is -2.46. The van der Waals surface area contributed by atoms with Crippen molar-refractivity contribution in [2.75, 3.05) is 6.61 Å². The molecule has 0 aliphatic carbocycles. The normalized spacial score (nSPS) is 13.7. The van der Waals surface area contributed by atoms with E-state index in [0.717, 1.165) is 70.6 Å². The van der Waals surface area contributed by atoms with Crippen LogP contribution in [0.3, 0.4) is 0 Å². The van der Waals surface area contributed by atoms with Gasteiger partial charge < -0.3 is 20.3 Å². The van der Waals surface area contributed by atoms with E-state index >= 15 is 0 Å². The molecule has 1 amide bonds. The molecule has 0 aliphatic rings. The van der Waals surface area contributed by atoms with Crippen molar-refractivity contribution in [1.29, 1.82) is 0 Å². The van der Waals surface area contributed by atoms with E-state index in [2.05, 4.69) is 50.4 Å². The largest absolute Gasteiger partial charge is 0.462 e. The third-order valence-corrected chi connectivity index (χ3v) is 11.7. The zero-order valence-corrected chi connectivity index (χ0v) is 40.3. The number of ether oxygens (including phenoxy) is 1. The molecular formula is C55H99NO5. The van der Waals surface area contributed by atoms with Crippen molar-refractivity contribution in [2.24, 2.45) is 0 Å². The summed E-state index contributed by atoms with van der Waals surface area (Å²) in [4.78, 5) is 26.1. The summed E-state index contributed by atoms with van der Waals surface area (Å²) >= 11 is 0. The number of carbonyl (C=O) groups is 2. The van der Waals surface area contributed by atoms with Crippen LogP contribution < -0.4 is 5.32 Å². The van der Waals surface area contributed by atoms with Gasteiger partial charge in [0.2, 0.25) is 5.91 Å². The van der Waals surface area contributed by atoms with Gasteiger partial charge >= 0.3 is 5.97 Å². The van der Waals surface area contributed by atoms with E-state index in [1.54, 1.807) is 0 Å². The molecule has 0 saturated heterocycles. The minimum absolute atomic E-state index is 0.0502. The van der Waals surface area contributed by atoms with Crippen molar-refractivity contribution in [3.05, 3.63) is 60.8 Å². The first-order valence-corrected chi connectivity index (χ1v) is 26.1. The van der Waals surface area contributed by atoms with Crippen LogP contribution >= 0.6 is 0 Å². The maximum atomic E-state index is 13.2. The Bertz CT molecular complexity index is 1090. The summed E-state index contributed by atoms with van der Waals surface area (Å²) in [5.41, 5.74) is 0. The Morgan fingerprint density at radius 1 is 0.475 bits per heavy atom. The van der Waals surface area contributed by atoms with E-state index in [4.69, 9.17) is 4.74 Å². The monoisotopic (exact) mass is 854 g/mol. The Balaban J connectivity index is 4.64. The molecule has 354 valence electrons. The van der Waals surface area contributed by atoms with Crippen LogP contribution in [-0.2, 0) is 14.3 Å². The van der Waals surface area contributed by atoms with E-state index in [1.807, 2.05) is 36.5 Å². The van der Waals surface area contributed by atoms with Crippen molar-refractivity contribution in [2.45, 2.75) is 270 Å². The smallest absolute Gasteiger partial charge is 0.306 e. The lowest BCUT2D eigenvalue weighted by molar-refractivity contribution is -0.151. The highest BCUT2D eigenvalue weighted by Crippen LogP contribution is 2.18. The average molecular weight is 854 g/mol. The number of hydrogen-bond acceptors (Lipinski definition) is 5. The predicted molar refractivity (Wildman–Crippen MR) is 264 cm³/mol. The van der Waals surface area contributed by atoms with E-state index in [1.165, 1.54) is 135 Å². The second-order valence-electron chi connectivity index (χ2n) is 17.7. The quantitative estimate of drug-likeness (QED) is 0.0322. The zero-order chi connectivity index (χ0) is 44.5. The maximum Gasteiger partial charge on any atom is 0.306 e. The minimum Gasteiger partial charge on any atom is -0.462 e. The summed E-state index contributed by atoms with van der Waals surface area (Å²) in [5.74, 6) is -0.512. The highest BCUT2D eigenvalue weighted by molar-refractivity contribution is 5.77. The third kappa shape index (κ3) is 44.0. The Labute approximate surface area is 378 Å². The van der Waals surface area contributed by atoms with Crippen LogP contribution in [0.5, 0.6) is 0 Å². The topological polar surface area (TPSA) is 95.9 Å². The van der Waals surface area contributed by atoms with Crippen LogP contribution in [0.4, 0.5) is 0 Å². The SMILES string of the molecule is CCC/C=C/C=C/C=C/C=C/C=C/CCCCCC(CC(=O)NC(CO)C(O)CCCCCCCCCCCCCCCCC)OC(=O)CCCCCCCCCCCCC. The van der Waals surface area contributed by atoms with Gasteiger partial charge in [-0.1, -0.05) is 255 Å². The van der Waals surface area contributed by atoms with Crippen LogP contribution in [-0.4, -0.2) is 46.9 Å². The molecule has 0 aliphatic heterocycles. The molecule has 0 saturated carbocycles. The van der Waals surface area contributed by atoms with Crippen LogP contribution in [0.2, 0.25) is 0 Å². The van der Waals surface area contributed by atoms with Gasteiger partial charge in [0.1, 0.15) is 6.10 Å². The van der Waals surface area contributed by atoms with Crippen molar-refractivity contribution < 1.29 is 24.5 Å². The third-order valence-electron chi connectivity index (χ3n) is 11.7. The highest BCUT2D eigenvalue weighted by Gasteiger charge is 2.24. The number of aliphatic hydroxyl groups excluding tert-OH is 2. The van der Waals surface area contributed by atoms with Gasteiger partial charge in [-0.25, -0.2) is 0 Å². The molecular weight excluding hydrogens is 755 g/mol. The van der Waals surface area contributed by atoms with E-state index in [0.29, 0.717) is 19.3 Å². The maximum absolute atomic E-state index is 13.2. The molecule has 0 aromatic heterocycles. The van der Waals surface area contributed by atoms with Gasteiger partial charge in [0.05, 0.1) is 25.2 Å². The molecule has 3 N–H and O–H groups in total. The lowest BCUT2D eigenvalue weighted by atomic mass is 10.0. The second-order valence-corrected chi connectivity index (χ2v) is 17.7. The van der Waals surface area contributed by atoms with Gasteiger partial charge in [-0.05, 0) is 44.9 Å². The lowest BCUT2D eigenvalue weighted by Gasteiger charge is -2.24. The van der Waals surface area contributed by atoms with Crippen molar-refractivity contribution in [3.63, 3.8) is 0 Å². The molecule has 0 bridgehead atoms. The van der Waals surface area contributed by atoms with E-state index < -0.39 is 18.2 Å². The molecule has 0 aromatic carbocycles. The Morgan fingerprint density at radius 2 is 0.869 bits per heavy atom. The molecule has 6 heteroatoms. The fourth-order valence-corrected chi connectivity index (χ4v) is 7.76. The molecule has 0 rings (SSSR count). The van der Waals surface area contributed by atoms with Crippen molar-refractivity contribution >= 4 is 11.9 Å². The summed E-state index contributed by atoms with van der Waals surface area (Å²) in [6.07, 6.45) is 59.9. The number of nitrogens with one attached hydrogen (secondary N) is 1. The summed E-state index contributed by atoms with van der Waals surface area (Å²) in [6, 6.07) is -0.715. The molecule has 61 heavy (non-hydrogen) atoms. The molecule has 6 nitrogen and oxygen atoms in total. The summed E-state index contributed by atoms with van der Waals surface area (Å²) < 4.78 is 5.91. The average Bonchev–Trinajstić information content (AvgIpc) is 3.25. The van der Waals surface area contributed by atoms with Crippen molar-refractivity contribution in [1.82, 2.24) is 5.32 Å². The molecule has 0 aromatic rings. The minimum atomic E-state index is -0.800. The van der Waals surface area contributed by atoms with Crippen LogP contribution in [0, 0.1) is 0 Å². The second kappa shape index (κ2) is 48.6. The number of carbonyl (C=O) groups excluding carboxylic acids is 2. The van der Waals surface area contributed by atoms with Gasteiger partial charge in [-0.3, -0.25) is 9.59 Å². The first-order chi connectivity index (χ1) is 30.0. The Hall–Kier alpha value is -2.44. The number of esters is 1.